The minimum atomic E-state index is -0.155. The number of hydrogen-bond donors (Lipinski definition) is 0. The van der Waals surface area contributed by atoms with Crippen molar-refractivity contribution in [2.75, 3.05) is 76.3 Å². The van der Waals surface area contributed by atoms with Gasteiger partial charge in [0.15, 0.2) is 0 Å². The van der Waals surface area contributed by atoms with E-state index >= 15 is 0 Å². The highest BCUT2D eigenvalue weighted by Crippen LogP contribution is 2.37. The van der Waals surface area contributed by atoms with Gasteiger partial charge in [0.05, 0.1) is 20.4 Å². The molecule has 0 N–H and O–H groups in total. The Morgan fingerprint density at radius 1 is 0.625 bits per heavy atom. The summed E-state index contributed by atoms with van der Waals surface area (Å²) in [6, 6.07) is 0. The van der Waals surface area contributed by atoms with Crippen LogP contribution in [0.4, 0.5) is 11.4 Å². The zero-order valence-corrected chi connectivity index (χ0v) is 28.5. The fourth-order valence-electron chi connectivity index (χ4n) is 5.88. The van der Waals surface area contributed by atoms with Crippen molar-refractivity contribution in [3.63, 3.8) is 0 Å². The predicted octanol–water partition coefficient (Wildman–Crippen LogP) is 5.99. The van der Waals surface area contributed by atoms with Crippen LogP contribution in [0.1, 0.15) is 92.2 Å². The molecule has 0 unspecified atom stereocenters. The Kier molecular flexibility index (Phi) is 12.7. The highest BCUT2D eigenvalue weighted by atomic mass is 32.1. The number of nitrogens with zero attached hydrogens (tertiary/aromatic N) is 4. The molecule has 0 atom stereocenters. The molecule has 0 aliphatic heterocycles. The predicted molar refractivity (Wildman–Crippen MR) is 178 cm³/mol. The summed E-state index contributed by atoms with van der Waals surface area (Å²) in [5.41, 5.74) is 3.46. The lowest BCUT2D eigenvalue weighted by atomic mass is 9.77. The van der Waals surface area contributed by atoms with Gasteiger partial charge in [-0.3, -0.25) is 9.59 Å². The third kappa shape index (κ3) is 8.08. The standard InChI is InChI=1S/C32H54N4O2S2/c1-11-16-35(13-3)21-19-34(10)26-24(30(40)28(26)38)32(7,8)15-14-18-36(17-12-2)22-20-33(9)25-23(31(4,5)6)29(39)27(25)37/h11-22H2,1-10H3. The van der Waals surface area contributed by atoms with Gasteiger partial charge in [0.25, 0.3) is 0 Å². The Labute approximate surface area is 253 Å². The third-order valence-corrected chi connectivity index (χ3v) is 9.05. The lowest BCUT2D eigenvalue weighted by Crippen LogP contribution is -2.41. The molecule has 0 aliphatic carbocycles. The van der Waals surface area contributed by atoms with E-state index < -0.39 is 0 Å². The lowest BCUT2D eigenvalue weighted by Gasteiger charge is -2.35. The van der Waals surface area contributed by atoms with E-state index in [9.17, 15) is 9.59 Å². The van der Waals surface area contributed by atoms with Gasteiger partial charge in [-0.15, -0.1) is 0 Å². The monoisotopic (exact) mass is 590 g/mol. The van der Waals surface area contributed by atoms with E-state index in [2.05, 4.69) is 75.0 Å². The molecule has 6 nitrogen and oxygen atoms in total. The molecule has 8 heteroatoms. The Balaban J connectivity index is 2.01. The number of anilines is 2. The van der Waals surface area contributed by atoms with E-state index in [0.717, 1.165) is 101 Å². The third-order valence-electron chi connectivity index (χ3n) is 8.27. The van der Waals surface area contributed by atoms with E-state index in [0.29, 0.717) is 9.02 Å². The highest BCUT2D eigenvalue weighted by Gasteiger charge is 2.33. The molecule has 0 fully saturated rings. The van der Waals surface area contributed by atoms with E-state index in [-0.39, 0.29) is 21.7 Å². The van der Waals surface area contributed by atoms with Crippen molar-refractivity contribution < 1.29 is 0 Å². The molecule has 0 aromatic heterocycles. The fourth-order valence-corrected chi connectivity index (χ4v) is 6.85. The normalized spacial score (nSPS) is 12.8. The molecule has 226 valence electrons. The number of rotatable bonds is 18. The fraction of sp³-hybridized carbons (Fsp3) is 0.750. The molecular formula is C32H54N4O2S2. The molecule has 2 aromatic carbocycles. The van der Waals surface area contributed by atoms with Gasteiger partial charge in [-0.25, -0.2) is 0 Å². The highest BCUT2D eigenvalue weighted by molar-refractivity contribution is 7.71. The van der Waals surface area contributed by atoms with Gasteiger partial charge in [0.1, 0.15) is 0 Å². The zero-order valence-electron chi connectivity index (χ0n) is 26.9. The first-order valence-corrected chi connectivity index (χ1v) is 16.0. The van der Waals surface area contributed by atoms with Gasteiger partial charge >= 0.3 is 0 Å². The molecule has 2 aromatic rings. The molecule has 2 rings (SSSR count). The van der Waals surface area contributed by atoms with Crippen LogP contribution in [0.25, 0.3) is 0 Å². The van der Waals surface area contributed by atoms with Crippen LogP contribution in [0.5, 0.6) is 0 Å². The van der Waals surface area contributed by atoms with Crippen molar-refractivity contribution >= 4 is 35.8 Å². The molecule has 40 heavy (non-hydrogen) atoms. The van der Waals surface area contributed by atoms with Crippen molar-refractivity contribution in [1.82, 2.24) is 9.80 Å². The zero-order chi connectivity index (χ0) is 30.4. The van der Waals surface area contributed by atoms with Crippen LogP contribution in [0.2, 0.25) is 0 Å². The van der Waals surface area contributed by atoms with Gasteiger partial charge in [-0.05, 0) is 62.7 Å². The van der Waals surface area contributed by atoms with E-state index in [4.69, 9.17) is 24.4 Å². The summed E-state index contributed by atoms with van der Waals surface area (Å²) in [7, 11) is 4.04. The summed E-state index contributed by atoms with van der Waals surface area (Å²) in [4.78, 5) is 34.5. The van der Waals surface area contributed by atoms with Crippen LogP contribution < -0.4 is 20.7 Å². The maximum Gasteiger partial charge on any atom is 0.220 e. The maximum atomic E-state index is 12.8. The Bertz CT molecular complexity index is 1250. The quantitative estimate of drug-likeness (QED) is 0.196. The first-order valence-electron chi connectivity index (χ1n) is 15.2. The molecule has 0 aliphatic rings. The van der Waals surface area contributed by atoms with Crippen LogP contribution in [-0.2, 0) is 10.8 Å². The number of hydrogen-bond acceptors (Lipinski definition) is 8. The smallest absolute Gasteiger partial charge is 0.220 e. The van der Waals surface area contributed by atoms with E-state index in [1.807, 2.05) is 14.1 Å². The molecule has 0 bridgehead atoms. The van der Waals surface area contributed by atoms with Crippen molar-refractivity contribution in [3.05, 3.63) is 40.6 Å². The van der Waals surface area contributed by atoms with Gasteiger partial charge in [0.2, 0.25) is 10.9 Å². The number of likely N-dealkylation sites (N-methyl/N-ethyl adjacent to an activating group) is 3. The largest absolute Gasteiger partial charge is 0.370 e. The summed E-state index contributed by atoms with van der Waals surface area (Å²) in [6.45, 7) is 25.0. The molecule has 0 radical (unpaired) electrons. The second-order valence-electron chi connectivity index (χ2n) is 13.1. The van der Waals surface area contributed by atoms with E-state index in [1.165, 1.54) is 0 Å². The second kappa shape index (κ2) is 14.6. The summed E-state index contributed by atoms with van der Waals surface area (Å²) in [5, 5.41) is 0. The minimum Gasteiger partial charge on any atom is -0.370 e. The Morgan fingerprint density at radius 2 is 1.07 bits per heavy atom. The van der Waals surface area contributed by atoms with Gasteiger partial charge in [-0.1, -0.05) is 79.8 Å². The first kappa shape index (κ1) is 34.7. The first-order chi connectivity index (χ1) is 18.6. The SMILES string of the molecule is CCCN(CC)CCN(C)c1c(C(C)(C)CCCN(CCC)CCN(C)c2c(C(C)(C)C)c(=S)c2=O)c(=S)c1=O. The van der Waals surface area contributed by atoms with E-state index in [1.54, 1.807) is 0 Å². The molecule has 0 amide bonds. The average Bonchev–Trinajstić information content (AvgIpc) is 2.88. The second-order valence-corrected chi connectivity index (χ2v) is 13.9. The van der Waals surface area contributed by atoms with Crippen molar-refractivity contribution in [3.8, 4) is 0 Å². The summed E-state index contributed by atoms with van der Waals surface area (Å²) in [6.07, 6.45) is 4.20. The molecule has 0 saturated carbocycles. The average molecular weight is 591 g/mol. The van der Waals surface area contributed by atoms with Crippen LogP contribution in [0.3, 0.4) is 0 Å². The van der Waals surface area contributed by atoms with Gasteiger partial charge < -0.3 is 19.6 Å². The Hall–Kier alpha value is -1.48. The summed E-state index contributed by atoms with van der Waals surface area (Å²) in [5.74, 6) is 0. The van der Waals surface area contributed by atoms with Gasteiger partial charge in [0, 0.05) is 51.4 Å². The molecule has 0 heterocycles. The minimum absolute atomic E-state index is 0.0130. The van der Waals surface area contributed by atoms with Crippen LogP contribution in [-0.4, -0.2) is 76.3 Å². The van der Waals surface area contributed by atoms with Gasteiger partial charge in [-0.2, -0.15) is 0 Å². The topological polar surface area (TPSA) is 47.1 Å². The molecular weight excluding hydrogens is 537 g/mol. The lowest BCUT2D eigenvalue weighted by molar-refractivity contribution is 0.264. The van der Waals surface area contributed by atoms with Crippen molar-refractivity contribution in [2.24, 2.45) is 0 Å². The van der Waals surface area contributed by atoms with Crippen LogP contribution in [0, 0.1) is 9.02 Å². The van der Waals surface area contributed by atoms with Crippen LogP contribution in [0.15, 0.2) is 9.59 Å². The molecule has 0 spiro atoms. The summed E-state index contributed by atoms with van der Waals surface area (Å²) >= 11 is 11.0. The van der Waals surface area contributed by atoms with Crippen LogP contribution >= 0.6 is 24.4 Å². The summed E-state index contributed by atoms with van der Waals surface area (Å²) < 4.78 is 1.02. The Morgan fingerprint density at radius 3 is 1.55 bits per heavy atom. The van der Waals surface area contributed by atoms with Crippen molar-refractivity contribution in [2.45, 2.75) is 91.9 Å². The maximum absolute atomic E-state index is 12.8. The molecule has 0 saturated heterocycles. The van der Waals surface area contributed by atoms with Crippen molar-refractivity contribution in [1.29, 1.82) is 0 Å².